The minimum atomic E-state index is -0.103. The number of benzene rings is 2. The summed E-state index contributed by atoms with van der Waals surface area (Å²) >= 11 is 5.35. The SMILES string of the molecule is CC[C@@H](C)c1ccc(NC(=S)Nc2cccc(NC(C)=O)c2)cc1. The molecule has 2 rings (SSSR count). The molecule has 24 heavy (non-hydrogen) atoms. The number of carbonyl (C=O) groups is 1. The van der Waals surface area contributed by atoms with Crippen molar-refractivity contribution in [1.82, 2.24) is 0 Å². The highest BCUT2D eigenvalue weighted by Gasteiger charge is 2.04. The predicted octanol–water partition coefficient (Wildman–Crippen LogP) is 4.97. The lowest BCUT2D eigenvalue weighted by atomic mass is 9.99. The van der Waals surface area contributed by atoms with Gasteiger partial charge in [-0.25, -0.2) is 0 Å². The number of hydrogen-bond donors (Lipinski definition) is 3. The highest BCUT2D eigenvalue weighted by molar-refractivity contribution is 7.80. The molecule has 5 heteroatoms. The average molecular weight is 341 g/mol. The van der Waals surface area contributed by atoms with E-state index in [1.165, 1.54) is 12.5 Å². The maximum absolute atomic E-state index is 11.1. The zero-order chi connectivity index (χ0) is 17.5. The normalized spacial score (nSPS) is 11.5. The molecule has 0 unspecified atom stereocenters. The van der Waals surface area contributed by atoms with Crippen molar-refractivity contribution >= 4 is 40.3 Å². The minimum absolute atomic E-state index is 0.103. The quantitative estimate of drug-likeness (QED) is 0.672. The van der Waals surface area contributed by atoms with Gasteiger partial charge in [0.15, 0.2) is 5.11 Å². The molecule has 126 valence electrons. The predicted molar refractivity (Wildman–Crippen MR) is 106 cm³/mol. The summed E-state index contributed by atoms with van der Waals surface area (Å²) < 4.78 is 0. The molecule has 0 aliphatic rings. The van der Waals surface area contributed by atoms with Crippen LogP contribution in [0.25, 0.3) is 0 Å². The van der Waals surface area contributed by atoms with Gasteiger partial charge in [0.2, 0.25) is 5.91 Å². The molecular formula is C19H23N3OS. The van der Waals surface area contributed by atoms with Gasteiger partial charge < -0.3 is 16.0 Å². The van der Waals surface area contributed by atoms with E-state index in [0.717, 1.165) is 23.5 Å². The van der Waals surface area contributed by atoms with E-state index in [2.05, 4.69) is 41.9 Å². The highest BCUT2D eigenvalue weighted by atomic mass is 32.1. The molecule has 0 aliphatic heterocycles. The van der Waals surface area contributed by atoms with Gasteiger partial charge in [-0.15, -0.1) is 0 Å². The van der Waals surface area contributed by atoms with Crippen LogP contribution in [-0.2, 0) is 4.79 Å². The number of thiocarbonyl (C=S) groups is 1. The molecule has 0 spiro atoms. The Hall–Kier alpha value is -2.40. The maximum Gasteiger partial charge on any atom is 0.221 e. The molecule has 0 saturated carbocycles. The van der Waals surface area contributed by atoms with Gasteiger partial charge >= 0.3 is 0 Å². The monoisotopic (exact) mass is 341 g/mol. The largest absolute Gasteiger partial charge is 0.332 e. The Kier molecular flexibility index (Phi) is 6.32. The molecular weight excluding hydrogens is 318 g/mol. The van der Waals surface area contributed by atoms with Gasteiger partial charge in [-0.05, 0) is 60.5 Å². The van der Waals surface area contributed by atoms with Crippen LogP contribution >= 0.6 is 12.2 Å². The number of rotatable bonds is 5. The summed E-state index contributed by atoms with van der Waals surface area (Å²) in [5, 5.41) is 9.54. The Bertz CT molecular complexity index is 713. The van der Waals surface area contributed by atoms with Crippen molar-refractivity contribution in [1.29, 1.82) is 0 Å². The van der Waals surface area contributed by atoms with Crippen molar-refractivity contribution in [3.8, 4) is 0 Å². The summed E-state index contributed by atoms with van der Waals surface area (Å²) in [6.45, 7) is 5.89. The van der Waals surface area contributed by atoms with E-state index in [4.69, 9.17) is 12.2 Å². The van der Waals surface area contributed by atoms with E-state index in [-0.39, 0.29) is 5.91 Å². The van der Waals surface area contributed by atoms with Crippen molar-refractivity contribution in [2.75, 3.05) is 16.0 Å². The first kappa shape index (κ1) is 17.9. The third-order valence-corrected chi connectivity index (χ3v) is 3.99. The zero-order valence-corrected chi connectivity index (χ0v) is 15.0. The minimum Gasteiger partial charge on any atom is -0.332 e. The molecule has 0 radical (unpaired) electrons. The van der Waals surface area contributed by atoms with Crippen molar-refractivity contribution in [2.24, 2.45) is 0 Å². The fourth-order valence-corrected chi connectivity index (χ4v) is 2.54. The lowest BCUT2D eigenvalue weighted by molar-refractivity contribution is -0.114. The van der Waals surface area contributed by atoms with Crippen molar-refractivity contribution in [3.63, 3.8) is 0 Å². The third-order valence-electron chi connectivity index (χ3n) is 3.79. The topological polar surface area (TPSA) is 53.2 Å². The lowest BCUT2D eigenvalue weighted by Gasteiger charge is -2.13. The molecule has 0 saturated heterocycles. The Morgan fingerprint density at radius 1 is 1.00 bits per heavy atom. The molecule has 0 fully saturated rings. The summed E-state index contributed by atoms with van der Waals surface area (Å²) in [7, 11) is 0. The Labute approximate surface area is 148 Å². The summed E-state index contributed by atoms with van der Waals surface area (Å²) in [6.07, 6.45) is 1.12. The third kappa shape index (κ3) is 5.35. The van der Waals surface area contributed by atoms with E-state index in [1.807, 2.05) is 36.4 Å². The fourth-order valence-electron chi connectivity index (χ4n) is 2.30. The molecule has 0 bridgehead atoms. The van der Waals surface area contributed by atoms with Crippen molar-refractivity contribution in [2.45, 2.75) is 33.1 Å². The van der Waals surface area contributed by atoms with Crippen LogP contribution in [-0.4, -0.2) is 11.0 Å². The molecule has 4 nitrogen and oxygen atoms in total. The standard InChI is InChI=1S/C19H23N3OS/c1-4-13(2)15-8-10-16(11-9-15)21-19(24)22-18-7-5-6-17(12-18)20-14(3)23/h5-13H,4H2,1-3H3,(H,20,23)(H2,21,22,24)/t13-/m1/s1. The number of carbonyl (C=O) groups excluding carboxylic acids is 1. The molecule has 0 heterocycles. The van der Waals surface area contributed by atoms with Gasteiger partial charge in [-0.2, -0.15) is 0 Å². The Morgan fingerprint density at radius 2 is 1.58 bits per heavy atom. The lowest BCUT2D eigenvalue weighted by Crippen LogP contribution is -2.19. The van der Waals surface area contributed by atoms with E-state index >= 15 is 0 Å². The first-order valence-electron chi connectivity index (χ1n) is 8.03. The molecule has 0 aliphatic carbocycles. The zero-order valence-electron chi connectivity index (χ0n) is 14.2. The average Bonchev–Trinajstić information content (AvgIpc) is 2.54. The van der Waals surface area contributed by atoms with E-state index in [0.29, 0.717) is 11.0 Å². The Balaban J connectivity index is 1.97. The van der Waals surface area contributed by atoms with Gasteiger partial charge in [0.05, 0.1) is 0 Å². The molecule has 0 aromatic heterocycles. The first-order valence-corrected chi connectivity index (χ1v) is 8.44. The van der Waals surface area contributed by atoms with Crippen LogP contribution in [0.15, 0.2) is 48.5 Å². The van der Waals surface area contributed by atoms with E-state index in [9.17, 15) is 4.79 Å². The van der Waals surface area contributed by atoms with Crippen molar-refractivity contribution in [3.05, 3.63) is 54.1 Å². The van der Waals surface area contributed by atoms with Gasteiger partial charge in [-0.3, -0.25) is 4.79 Å². The second-order valence-corrected chi connectivity index (χ2v) is 6.18. The molecule has 1 atom stereocenters. The van der Waals surface area contributed by atoms with Gasteiger partial charge in [0, 0.05) is 24.0 Å². The first-order chi connectivity index (χ1) is 11.5. The smallest absolute Gasteiger partial charge is 0.221 e. The second-order valence-electron chi connectivity index (χ2n) is 5.77. The van der Waals surface area contributed by atoms with Crippen LogP contribution in [0.2, 0.25) is 0 Å². The highest BCUT2D eigenvalue weighted by Crippen LogP contribution is 2.21. The summed E-state index contributed by atoms with van der Waals surface area (Å²) in [5.41, 5.74) is 3.81. The maximum atomic E-state index is 11.1. The van der Waals surface area contributed by atoms with E-state index < -0.39 is 0 Å². The summed E-state index contributed by atoms with van der Waals surface area (Å²) in [5.74, 6) is 0.454. The number of hydrogen-bond acceptors (Lipinski definition) is 2. The van der Waals surface area contributed by atoms with Crippen LogP contribution in [0.5, 0.6) is 0 Å². The van der Waals surface area contributed by atoms with Crippen LogP contribution < -0.4 is 16.0 Å². The molecule has 3 N–H and O–H groups in total. The van der Waals surface area contributed by atoms with Crippen LogP contribution in [0.1, 0.15) is 38.7 Å². The summed E-state index contributed by atoms with van der Waals surface area (Å²) in [4.78, 5) is 11.1. The van der Waals surface area contributed by atoms with Crippen molar-refractivity contribution < 1.29 is 4.79 Å². The molecule has 2 aromatic carbocycles. The van der Waals surface area contributed by atoms with Gasteiger partial charge in [-0.1, -0.05) is 32.0 Å². The number of nitrogens with one attached hydrogen (secondary N) is 3. The molecule has 2 aromatic rings. The van der Waals surface area contributed by atoms with Crippen LogP contribution in [0, 0.1) is 0 Å². The number of amides is 1. The number of anilines is 3. The fraction of sp³-hybridized carbons (Fsp3) is 0.263. The summed E-state index contributed by atoms with van der Waals surface area (Å²) in [6, 6.07) is 15.7. The van der Waals surface area contributed by atoms with Crippen LogP contribution in [0.4, 0.5) is 17.1 Å². The molecule has 1 amide bonds. The van der Waals surface area contributed by atoms with E-state index in [1.54, 1.807) is 0 Å². The van der Waals surface area contributed by atoms with Gasteiger partial charge in [0.25, 0.3) is 0 Å². The second kappa shape index (κ2) is 8.45. The Morgan fingerprint density at radius 3 is 2.17 bits per heavy atom. The van der Waals surface area contributed by atoms with Gasteiger partial charge in [0.1, 0.15) is 0 Å². The van der Waals surface area contributed by atoms with Crippen LogP contribution in [0.3, 0.4) is 0 Å².